The molecule has 0 saturated heterocycles. The minimum absolute atomic E-state index is 0.00132. The molecule has 0 spiro atoms. The van der Waals surface area contributed by atoms with Gasteiger partial charge < -0.3 is 5.41 Å². The van der Waals surface area contributed by atoms with Crippen molar-refractivity contribution in [2.24, 2.45) is 11.8 Å². The molecule has 1 N–H and O–H groups in total. The Morgan fingerprint density at radius 1 is 1.26 bits per heavy atom. The number of benzene rings is 1. The molecule has 6 heteroatoms. The summed E-state index contributed by atoms with van der Waals surface area (Å²) in [6.45, 7) is 5.30. The number of hydrogen-bond acceptors (Lipinski definition) is 5. The van der Waals surface area contributed by atoms with Crippen LogP contribution in [0.2, 0.25) is 0 Å². The van der Waals surface area contributed by atoms with E-state index < -0.39 is 5.92 Å². The Balaban J connectivity index is 2.40. The normalized spacial score (nSPS) is 21.8. The Bertz CT molecular complexity index is 1020. The summed E-state index contributed by atoms with van der Waals surface area (Å²) in [5.74, 6) is -0.860. The summed E-state index contributed by atoms with van der Waals surface area (Å²) in [5.41, 5.74) is 4.43. The van der Waals surface area contributed by atoms with E-state index >= 15 is 0 Å². The fourth-order valence-corrected chi connectivity index (χ4v) is 4.59. The molecule has 136 valence electrons. The molecule has 0 saturated carbocycles. The Labute approximate surface area is 158 Å². The Morgan fingerprint density at radius 3 is 2.56 bits per heavy atom. The lowest BCUT2D eigenvalue weighted by Gasteiger charge is -2.36. The van der Waals surface area contributed by atoms with Crippen LogP contribution in [0.25, 0.3) is 5.57 Å². The van der Waals surface area contributed by atoms with Crippen LogP contribution in [0.5, 0.6) is 0 Å². The minimum Gasteiger partial charge on any atom is -0.302 e. The van der Waals surface area contributed by atoms with Gasteiger partial charge in [-0.3, -0.25) is 10.1 Å². The van der Waals surface area contributed by atoms with Gasteiger partial charge in [0.05, 0.1) is 22.3 Å². The average molecular weight is 360 g/mol. The third kappa shape index (κ3) is 2.74. The lowest BCUT2D eigenvalue weighted by molar-refractivity contribution is -0.386. The van der Waals surface area contributed by atoms with E-state index in [1.54, 1.807) is 19.9 Å². The molecule has 2 aliphatic carbocycles. The Hall–Kier alpha value is -3.25. The number of hydrogen-bond donors (Lipinski definition) is 1. The van der Waals surface area contributed by atoms with Gasteiger partial charge in [0.1, 0.15) is 12.0 Å². The van der Waals surface area contributed by atoms with Gasteiger partial charge in [-0.25, -0.2) is 0 Å². The summed E-state index contributed by atoms with van der Waals surface area (Å²) in [6, 6.07) is 6.07. The molecule has 0 aromatic heterocycles. The van der Waals surface area contributed by atoms with E-state index in [1.807, 2.05) is 13.0 Å². The van der Waals surface area contributed by atoms with Crippen LogP contribution in [0.4, 0.5) is 5.69 Å². The summed E-state index contributed by atoms with van der Waals surface area (Å²) in [4.78, 5) is 11.2. The van der Waals surface area contributed by atoms with Crippen molar-refractivity contribution < 1.29 is 4.92 Å². The molecule has 3 rings (SSSR count). The number of nitriles is 2. The van der Waals surface area contributed by atoms with E-state index in [2.05, 4.69) is 12.1 Å². The number of nitro benzene ring substituents is 1. The minimum atomic E-state index is -0.713. The van der Waals surface area contributed by atoms with Gasteiger partial charge in [0.2, 0.25) is 0 Å². The van der Waals surface area contributed by atoms with Crippen LogP contribution in [0.1, 0.15) is 41.5 Å². The summed E-state index contributed by atoms with van der Waals surface area (Å²) in [5, 5.41) is 39.4. The molecule has 0 bridgehead atoms. The van der Waals surface area contributed by atoms with E-state index in [0.29, 0.717) is 22.3 Å². The van der Waals surface area contributed by atoms with E-state index in [9.17, 15) is 20.6 Å². The van der Waals surface area contributed by atoms with Crippen LogP contribution in [0, 0.1) is 70.8 Å². The highest BCUT2D eigenvalue weighted by atomic mass is 16.6. The zero-order valence-electron chi connectivity index (χ0n) is 15.6. The largest absolute Gasteiger partial charge is 0.302 e. The SMILES string of the molecule is Cc1cc(C)c([N+](=O)[O-])c(C)c1C1=C(C#N)C(=N)C(C#N)C2=CCCC[C@H]21. The summed E-state index contributed by atoms with van der Waals surface area (Å²) in [7, 11) is 0. The molecular weight excluding hydrogens is 340 g/mol. The lowest BCUT2D eigenvalue weighted by Crippen LogP contribution is -2.31. The maximum absolute atomic E-state index is 11.6. The van der Waals surface area contributed by atoms with Crippen molar-refractivity contribution in [2.75, 3.05) is 0 Å². The van der Waals surface area contributed by atoms with Gasteiger partial charge in [0, 0.05) is 17.0 Å². The van der Waals surface area contributed by atoms with E-state index in [0.717, 1.165) is 30.4 Å². The monoisotopic (exact) mass is 360 g/mol. The predicted octanol–water partition coefficient (Wildman–Crippen LogP) is 4.70. The number of fused-ring (bicyclic) bond motifs is 1. The summed E-state index contributed by atoms with van der Waals surface area (Å²) in [6.07, 6.45) is 4.56. The van der Waals surface area contributed by atoms with Crippen LogP contribution < -0.4 is 0 Å². The highest BCUT2D eigenvalue weighted by molar-refractivity contribution is 6.14. The molecule has 0 heterocycles. The van der Waals surface area contributed by atoms with Gasteiger partial charge in [-0.1, -0.05) is 6.08 Å². The molecule has 0 fully saturated rings. The second-order valence-electron chi connectivity index (χ2n) is 7.18. The van der Waals surface area contributed by atoms with Gasteiger partial charge >= 0.3 is 0 Å². The van der Waals surface area contributed by atoms with Crippen molar-refractivity contribution in [3.63, 3.8) is 0 Å². The van der Waals surface area contributed by atoms with E-state index in [4.69, 9.17) is 5.41 Å². The number of nitrogens with zero attached hydrogens (tertiary/aromatic N) is 3. The number of aryl methyl sites for hydroxylation is 2. The zero-order chi connectivity index (χ0) is 19.9. The predicted molar refractivity (Wildman–Crippen MR) is 102 cm³/mol. The zero-order valence-corrected chi connectivity index (χ0v) is 15.6. The highest BCUT2D eigenvalue weighted by Crippen LogP contribution is 2.48. The second kappa shape index (κ2) is 6.81. The van der Waals surface area contributed by atoms with Crippen molar-refractivity contribution in [3.8, 4) is 12.1 Å². The first-order valence-corrected chi connectivity index (χ1v) is 8.91. The second-order valence-corrected chi connectivity index (χ2v) is 7.18. The number of nitro groups is 1. The standard InChI is InChI=1S/C21H20N4O2/c1-11-8-12(2)21(25(26)27)13(3)18(11)19-15-7-5-4-6-14(15)16(9-22)20(24)17(19)10-23/h6,8,15-16,24H,4-5,7H2,1-3H3/t15-,16?/m1/s1. The molecule has 6 nitrogen and oxygen atoms in total. The van der Waals surface area contributed by atoms with Crippen LogP contribution in [0.15, 0.2) is 23.3 Å². The lowest BCUT2D eigenvalue weighted by atomic mass is 9.65. The molecule has 27 heavy (non-hydrogen) atoms. The molecular formula is C21H20N4O2. The summed E-state index contributed by atoms with van der Waals surface area (Å²) < 4.78 is 0. The van der Waals surface area contributed by atoms with Gasteiger partial charge in [-0.15, -0.1) is 0 Å². The fourth-order valence-electron chi connectivity index (χ4n) is 4.59. The van der Waals surface area contributed by atoms with Crippen molar-refractivity contribution >= 4 is 17.0 Å². The van der Waals surface area contributed by atoms with Crippen molar-refractivity contribution in [2.45, 2.75) is 40.0 Å². The first-order chi connectivity index (χ1) is 12.8. The first kappa shape index (κ1) is 18.5. The first-order valence-electron chi connectivity index (χ1n) is 8.91. The maximum Gasteiger partial charge on any atom is 0.275 e. The van der Waals surface area contributed by atoms with E-state index in [1.165, 1.54) is 0 Å². The third-order valence-electron chi connectivity index (χ3n) is 5.61. The van der Waals surface area contributed by atoms with Crippen molar-refractivity contribution in [3.05, 3.63) is 55.7 Å². The van der Waals surface area contributed by atoms with E-state index in [-0.39, 0.29) is 27.8 Å². The van der Waals surface area contributed by atoms with Gasteiger partial charge in [-0.05, 0) is 68.4 Å². The smallest absolute Gasteiger partial charge is 0.275 e. The molecule has 0 radical (unpaired) electrons. The maximum atomic E-state index is 11.6. The Morgan fingerprint density at radius 2 is 1.96 bits per heavy atom. The quantitative estimate of drug-likeness (QED) is 0.467. The highest BCUT2D eigenvalue weighted by Gasteiger charge is 2.40. The van der Waals surface area contributed by atoms with Crippen LogP contribution in [0.3, 0.4) is 0 Å². The summed E-state index contributed by atoms with van der Waals surface area (Å²) >= 11 is 0. The average Bonchev–Trinajstić information content (AvgIpc) is 2.61. The van der Waals surface area contributed by atoms with Crippen LogP contribution in [-0.4, -0.2) is 10.6 Å². The van der Waals surface area contributed by atoms with Gasteiger partial charge in [-0.2, -0.15) is 10.5 Å². The van der Waals surface area contributed by atoms with Crippen molar-refractivity contribution in [1.82, 2.24) is 0 Å². The molecule has 2 atom stereocenters. The third-order valence-corrected chi connectivity index (χ3v) is 5.61. The number of rotatable bonds is 2. The molecule has 0 aliphatic heterocycles. The number of nitrogens with one attached hydrogen (secondary N) is 1. The molecule has 1 aromatic carbocycles. The Kier molecular flexibility index (Phi) is 4.68. The molecule has 1 unspecified atom stereocenters. The van der Waals surface area contributed by atoms with Gasteiger partial charge in [0.15, 0.2) is 0 Å². The van der Waals surface area contributed by atoms with Gasteiger partial charge in [0.25, 0.3) is 5.69 Å². The van der Waals surface area contributed by atoms with Crippen LogP contribution in [-0.2, 0) is 0 Å². The molecule has 0 amide bonds. The topological polar surface area (TPSA) is 115 Å². The molecule has 1 aromatic rings. The fraction of sp³-hybridized carbons (Fsp3) is 0.381. The van der Waals surface area contributed by atoms with Crippen LogP contribution >= 0.6 is 0 Å². The van der Waals surface area contributed by atoms with Crippen molar-refractivity contribution in [1.29, 1.82) is 15.9 Å². The number of allylic oxidation sites excluding steroid dienone is 4. The molecule has 2 aliphatic rings.